The van der Waals surface area contributed by atoms with Gasteiger partial charge in [-0.1, -0.05) is 42.0 Å². The molecule has 0 saturated heterocycles. The molecule has 0 unspecified atom stereocenters. The van der Waals surface area contributed by atoms with Gasteiger partial charge in [-0.05, 0) is 55.0 Å². The monoisotopic (exact) mass is 404 g/mol. The Labute approximate surface area is 174 Å². The van der Waals surface area contributed by atoms with Crippen LogP contribution in [0.2, 0.25) is 0 Å². The molecule has 0 aliphatic heterocycles. The van der Waals surface area contributed by atoms with Crippen molar-refractivity contribution in [2.45, 2.75) is 6.92 Å². The van der Waals surface area contributed by atoms with E-state index in [-0.39, 0.29) is 11.3 Å². The molecule has 152 valence electrons. The summed E-state index contributed by atoms with van der Waals surface area (Å²) in [4.78, 5) is 25.4. The number of rotatable bonds is 6. The van der Waals surface area contributed by atoms with E-state index in [1.807, 2.05) is 19.1 Å². The van der Waals surface area contributed by atoms with Crippen LogP contribution in [0.25, 0.3) is 6.08 Å². The second kappa shape index (κ2) is 9.52. The van der Waals surface area contributed by atoms with Crippen molar-refractivity contribution in [2.75, 3.05) is 12.4 Å². The van der Waals surface area contributed by atoms with Gasteiger partial charge in [0.15, 0.2) is 0 Å². The number of ether oxygens (including phenoxy) is 1. The van der Waals surface area contributed by atoms with Gasteiger partial charge in [-0.3, -0.25) is 9.59 Å². The number of methoxy groups -OCH3 is 1. The summed E-state index contributed by atoms with van der Waals surface area (Å²) in [5, 5.41) is 5.26. The highest BCUT2D eigenvalue weighted by molar-refractivity contribution is 6.10. The zero-order valence-electron chi connectivity index (χ0n) is 16.6. The van der Waals surface area contributed by atoms with Crippen molar-refractivity contribution in [3.8, 4) is 5.75 Å². The van der Waals surface area contributed by atoms with Crippen LogP contribution >= 0.6 is 0 Å². The fourth-order valence-electron chi connectivity index (χ4n) is 2.70. The lowest BCUT2D eigenvalue weighted by Gasteiger charge is -2.12. The molecule has 0 aromatic heterocycles. The summed E-state index contributed by atoms with van der Waals surface area (Å²) in [7, 11) is 1.56. The zero-order chi connectivity index (χ0) is 21.5. The van der Waals surface area contributed by atoms with Crippen molar-refractivity contribution in [1.82, 2.24) is 5.32 Å². The quantitative estimate of drug-likeness (QED) is 0.592. The number of anilines is 1. The predicted octanol–water partition coefficient (Wildman–Crippen LogP) is 4.55. The Hall–Kier alpha value is -3.93. The molecule has 0 saturated carbocycles. The lowest BCUT2D eigenvalue weighted by molar-refractivity contribution is -0.113. The minimum Gasteiger partial charge on any atom is -0.497 e. The molecule has 0 radical (unpaired) electrons. The number of carbonyl (C=O) groups is 2. The highest BCUT2D eigenvalue weighted by atomic mass is 19.1. The van der Waals surface area contributed by atoms with Crippen LogP contribution in [0.1, 0.15) is 21.5 Å². The van der Waals surface area contributed by atoms with Gasteiger partial charge in [0.05, 0.1) is 12.7 Å². The molecule has 0 spiro atoms. The summed E-state index contributed by atoms with van der Waals surface area (Å²) in [6.45, 7) is 1.94. The summed E-state index contributed by atoms with van der Waals surface area (Å²) in [6, 6.07) is 19.8. The molecule has 0 aliphatic rings. The zero-order valence-corrected chi connectivity index (χ0v) is 16.6. The molecule has 2 N–H and O–H groups in total. The third kappa shape index (κ3) is 5.32. The molecule has 6 heteroatoms. The van der Waals surface area contributed by atoms with Crippen molar-refractivity contribution in [3.05, 3.63) is 101 Å². The summed E-state index contributed by atoms with van der Waals surface area (Å²) >= 11 is 0. The highest BCUT2D eigenvalue weighted by Gasteiger charge is 2.17. The minimum atomic E-state index is -0.716. The SMILES string of the molecule is COc1ccc(C=C(NC(=O)c2ccccc2F)C(=O)Nc2ccc(C)cc2)cc1. The molecule has 0 atom stereocenters. The van der Waals surface area contributed by atoms with Crippen LogP contribution in [0.3, 0.4) is 0 Å². The second-order valence-corrected chi connectivity index (χ2v) is 6.59. The van der Waals surface area contributed by atoms with Gasteiger partial charge in [-0.15, -0.1) is 0 Å². The fourth-order valence-corrected chi connectivity index (χ4v) is 2.70. The molecular weight excluding hydrogens is 383 g/mol. The second-order valence-electron chi connectivity index (χ2n) is 6.59. The van der Waals surface area contributed by atoms with Gasteiger partial charge in [0.2, 0.25) is 0 Å². The maximum atomic E-state index is 14.0. The van der Waals surface area contributed by atoms with Crippen LogP contribution < -0.4 is 15.4 Å². The van der Waals surface area contributed by atoms with Crippen LogP contribution in [-0.4, -0.2) is 18.9 Å². The summed E-state index contributed by atoms with van der Waals surface area (Å²) in [6.07, 6.45) is 1.52. The smallest absolute Gasteiger partial charge is 0.272 e. The van der Waals surface area contributed by atoms with Crippen LogP contribution in [0.15, 0.2) is 78.5 Å². The first-order valence-electron chi connectivity index (χ1n) is 9.26. The topological polar surface area (TPSA) is 67.4 Å². The van der Waals surface area contributed by atoms with Crippen molar-refractivity contribution >= 4 is 23.6 Å². The standard InChI is InChI=1S/C24H21FN2O3/c1-16-7-11-18(12-8-16)26-24(29)22(15-17-9-13-19(30-2)14-10-17)27-23(28)20-5-3-4-6-21(20)25/h3-15H,1-2H3,(H,26,29)(H,27,28). The van der Waals surface area contributed by atoms with Gasteiger partial charge in [0.1, 0.15) is 17.3 Å². The lowest BCUT2D eigenvalue weighted by Crippen LogP contribution is -2.31. The van der Waals surface area contributed by atoms with E-state index < -0.39 is 17.6 Å². The largest absolute Gasteiger partial charge is 0.497 e. The van der Waals surface area contributed by atoms with E-state index in [1.54, 1.807) is 49.6 Å². The highest BCUT2D eigenvalue weighted by Crippen LogP contribution is 2.16. The Bertz CT molecular complexity index is 1070. The molecule has 0 heterocycles. The van der Waals surface area contributed by atoms with Crippen molar-refractivity contribution in [1.29, 1.82) is 0 Å². The van der Waals surface area contributed by atoms with Gasteiger partial charge in [-0.2, -0.15) is 0 Å². The van der Waals surface area contributed by atoms with Crippen LogP contribution in [0.4, 0.5) is 10.1 Å². The Morgan fingerprint density at radius 3 is 2.23 bits per heavy atom. The van der Waals surface area contributed by atoms with E-state index in [1.165, 1.54) is 24.3 Å². The maximum absolute atomic E-state index is 14.0. The first-order valence-corrected chi connectivity index (χ1v) is 9.26. The number of halogens is 1. The van der Waals surface area contributed by atoms with Gasteiger partial charge in [0, 0.05) is 5.69 Å². The lowest BCUT2D eigenvalue weighted by atomic mass is 10.1. The molecule has 3 aromatic rings. The number of carbonyl (C=O) groups excluding carboxylic acids is 2. The molecule has 3 aromatic carbocycles. The molecule has 5 nitrogen and oxygen atoms in total. The van der Waals surface area contributed by atoms with Crippen LogP contribution in [-0.2, 0) is 4.79 Å². The molecule has 0 aliphatic carbocycles. The average Bonchev–Trinajstić information content (AvgIpc) is 2.75. The molecule has 2 amide bonds. The molecule has 3 rings (SSSR count). The van der Waals surface area contributed by atoms with Gasteiger partial charge < -0.3 is 15.4 Å². The Morgan fingerprint density at radius 2 is 1.60 bits per heavy atom. The first kappa shape index (κ1) is 20.8. The number of benzene rings is 3. The van der Waals surface area contributed by atoms with E-state index >= 15 is 0 Å². The number of nitrogens with one attached hydrogen (secondary N) is 2. The molecule has 0 bridgehead atoms. The number of hydrogen-bond acceptors (Lipinski definition) is 3. The number of amides is 2. The molecular formula is C24H21FN2O3. The third-order valence-corrected chi connectivity index (χ3v) is 4.35. The predicted molar refractivity (Wildman–Crippen MR) is 115 cm³/mol. The maximum Gasteiger partial charge on any atom is 0.272 e. The first-order chi connectivity index (χ1) is 14.5. The van der Waals surface area contributed by atoms with Gasteiger partial charge >= 0.3 is 0 Å². The molecule has 30 heavy (non-hydrogen) atoms. The van der Waals surface area contributed by atoms with Gasteiger partial charge in [0.25, 0.3) is 11.8 Å². The Kier molecular flexibility index (Phi) is 6.60. The summed E-state index contributed by atoms with van der Waals surface area (Å²) < 4.78 is 19.1. The number of aryl methyl sites for hydroxylation is 1. The fraction of sp³-hybridized carbons (Fsp3) is 0.0833. The van der Waals surface area contributed by atoms with Crippen LogP contribution in [0.5, 0.6) is 5.75 Å². The minimum absolute atomic E-state index is 0.0194. The average molecular weight is 404 g/mol. The third-order valence-electron chi connectivity index (χ3n) is 4.35. The van der Waals surface area contributed by atoms with E-state index in [0.29, 0.717) is 17.0 Å². The molecule has 0 fully saturated rings. The van der Waals surface area contributed by atoms with Gasteiger partial charge in [-0.25, -0.2) is 4.39 Å². The van der Waals surface area contributed by atoms with E-state index in [4.69, 9.17) is 4.74 Å². The summed E-state index contributed by atoms with van der Waals surface area (Å²) in [5.41, 5.74) is 2.12. The van der Waals surface area contributed by atoms with E-state index in [0.717, 1.165) is 5.56 Å². The normalized spacial score (nSPS) is 11.0. The van der Waals surface area contributed by atoms with Crippen molar-refractivity contribution in [2.24, 2.45) is 0 Å². The summed E-state index contributed by atoms with van der Waals surface area (Å²) in [5.74, 6) is -1.25. The van der Waals surface area contributed by atoms with Crippen molar-refractivity contribution in [3.63, 3.8) is 0 Å². The van der Waals surface area contributed by atoms with E-state index in [2.05, 4.69) is 10.6 Å². The number of hydrogen-bond donors (Lipinski definition) is 2. The van der Waals surface area contributed by atoms with Crippen molar-refractivity contribution < 1.29 is 18.7 Å². The Balaban J connectivity index is 1.89. The van der Waals surface area contributed by atoms with Crippen LogP contribution in [0, 0.1) is 12.7 Å². The van der Waals surface area contributed by atoms with E-state index in [9.17, 15) is 14.0 Å². The Morgan fingerprint density at radius 1 is 0.933 bits per heavy atom.